The molecule has 0 amide bonds. The predicted octanol–water partition coefficient (Wildman–Crippen LogP) is 3.13. The third-order valence-corrected chi connectivity index (χ3v) is 5.14. The van der Waals surface area contributed by atoms with Crippen molar-refractivity contribution in [1.82, 2.24) is 10.2 Å². The maximum absolute atomic E-state index is 11.4. The van der Waals surface area contributed by atoms with Crippen molar-refractivity contribution in [1.29, 1.82) is 0 Å². The van der Waals surface area contributed by atoms with Gasteiger partial charge < -0.3 is 15.1 Å². The Morgan fingerprint density at radius 2 is 1.65 bits per heavy atom. The average molecular weight is 368 g/mol. The molecule has 0 aromatic heterocycles. The fourth-order valence-electron chi connectivity index (χ4n) is 3.14. The Bertz CT molecular complexity index is 738. The van der Waals surface area contributed by atoms with Gasteiger partial charge in [-0.25, -0.2) is 0 Å². The summed E-state index contributed by atoms with van der Waals surface area (Å²) in [5.41, 5.74) is 3.25. The van der Waals surface area contributed by atoms with Crippen molar-refractivity contribution in [2.75, 3.05) is 37.6 Å². The van der Waals surface area contributed by atoms with E-state index in [-0.39, 0.29) is 5.78 Å². The first-order valence-electron chi connectivity index (χ1n) is 9.06. The lowest BCUT2D eigenvalue weighted by molar-refractivity contribution is 0.101. The van der Waals surface area contributed by atoms with Crippen LogP contribution in [0.25, 0.3) is 0 Å². The molecular weight excluding hydrogens is 342 g/mol. The molecule has 2 aromatic carbocycles. The molecule has 1 heterocycles. The van der Waals surface area contributed by atoms with Crippen molar-refractivity contribution in [2.24, 2.45) is 0 Å². The molecule has 0 saturated carbocycles. The molecule has 1 fully saturated rings. The second-order valence-electron chi connectivity index (χ2n) is 6.54. The zero-order chi connectivity index (χ0) is 18.4. The van der Waals surface area contributed by atoms with Crippen LogP contribution in [0.5, 0.6) is 0 Å². The van der Waals surface area contributed by atoms with Crippen LogP contribution in [-0.4, -0.2) is 48.5 Å². The zero-order valence-electron chi connectivity index (χ0n) is 15.1. The van der Waals surface area contributed by atoms with Crippen molar-refractivity contribution in [3.8, 4) is 0 Å². The molecule has 3 rings (SSSR count). The number of Topliss-reactive ketones (excluding diaryl/α,β-unsaturated/α-hetero) is 1. The molecule has 1 saturated heterocycles. The third kappa shape index (κ3) is 4.82. The number of piperazine rings is 1. The Labute approximate surface area is 160 Å². The average Bonchev–Trinajstić information content (AvgIpc) is 2.69. The number of hydrogen-bond acceptors (Lipinski definition) is 3. The molecule has 0 radical (unpaired) electrons. The summed E-state index contributed by atoms with van der Waals surface area (Å²) in [6.07, 6.45) is 0.976. The van der Waals surface area contributed by atoms with Crippen molar-refractivity contribution in [3.63, 3.8) is 0 Å². The van der Waals surface area contributed by atoms with Gasteiger partial charge in [-0.3, -0.25) is 4.79 Å². The number of carbonyl (C=O) groups is 1. The van der Waals surface area contributed by atoms with E-state index in [2.05, 4.69) is 39.4 Å². The topological polar surface area (TPSA) is 35.6 Å². The van der Waals surface area contributed by atoms with Gasteiger partial charge in [-0.2, -0.15) is 0 Å². The van der Waals surface area contributed by atoms with Crippen molar-refractivity contribution >= 4 is 28.8 Å². The van der Waals surface area contributed by atoms with Crippen molar-refractivity contribution in [3.05, 3.63) is 65.7 Å². The number of benzene rings is 2. The standard InChI is InChI=1S/C21H25N3OS/c1-17(25)19-7-9-20(10-8-19)23-13-15-24(16-14-23)21(26)22-12-11-18-5-3-2-4-6-18/h2-10H,11-16H2,1H3,(H,22,26). The highest BCUT2D eigenvalue weighted by Gasteiger charge is 2.19. The molecule has 1 N–H and O–H groups in total. The van der Waals surface area contributed by atoms with Crippen LogP contribution in [0, 0.1) is 0 Å². The van der Waals surface area contributed by atoms with Crippen molar-refractivity contribution < 1.29 is 4.79 Å². The molecule has 26 heavy (non-hydrogen) atoms. The second kappa shape index (κ2) is 8.81. The fraction of sp³-hybridized carbons (Fsp3) is 0.333. The molecule has 1 aliphatic heterocycles. The van der Waals surface area contributed by atoms with E-state index in [1.54, 1.807) is 6.92 Å². The number of hydrogen-bond donors (Lipinski definition) is 1. The van der Waals surface area contributed by atoms with E-state index in [0.29, 0.717) is 0 Å². The molecule has 0 bridgehead atoms. The maximum atomic E-state index is 11.4. The minimum atomic E-state index is 0.105. The van der Waals surface area contributed by atoms with Gasteiger partial charge in [0.05, 0.1) is 0 Å². The number of carbonyl (C=O) groups excluding carboxylic acids is 1. The Kier molecular flexibility index (Phi) is 6.23. The molecule has 5 heteroatoms. The lowest BCUT2D eigenvalue weighted by atomic mass is 10.1. The van der Waals surface area contributed by atoms with E-state index < -0.39 is 0 Å². The highest BCUT2D eigenvalue weighted by atomic mass is 32.1. The molecule has 0 aliphatic carbocycles. The fourth-order valence-corrected chi connectivity index (χ4v) is 3.43. The molecule has 2 aromatic rings. The summed E-state index contributed by atoms with van der Waals surface area (Å²) >= 11 is 5.55. The van der Waals surface area contributed by atoms with Gasteiger partial charge in [0.25, 0.3) is 0 Å². The lowest BCUT2D eigenvalue weighted by Crippen LogP contribution is -2.52. The van der Waals surface area contributed by atoms with Gasteiger partial charge >= 0.3 is 0 Å². The zero-order valence-corrected chi connectivity index (χ0v) is 16.0. The first-order valence-corrected chi connectivity index (χ1v) is 9.47. The summed E-state index contributed by atoms with van der Waals surface area (Å²) < 4.78 is 0. The van der Waals surface area contributed by atoms with Gasteiger partial charge in [0.1, 0.15) is 0 Å². The van der Waals surface area contributed by atoms with Crippen LogP contribution in [-0.2, 0) is 6.42 Å². The summed E-state index contributed by atoms with van der Waals surface area (Å²) in [6, 6.07) is 18.3. The lowest BCUT2D eigenvalue weighted by Gasteiger charge is -2.37. The van der Waals surface area contributed by atoms with Crippen LogP contribution in [0.15, 0.2) is 54.6 Å². The van der Waals surface area contributed by atoms with Gasteiger partial charge in [0.2, 0.25) is 0 Å². The molecule has 136 valence electrons. The van der Waals surface area contributed by atoms with E-state index in [4.69, 9.17) is 12.2 Å². The molecule has 0 atom stereocenters. The van der Waals surface area contributed by atoms with Gasteiger partial charge in [0, 0.05) is 44.0 Å². The van der Waals surface area contributed by atoms with Crippen LogP contribution in [0.2, 0.25) is 0 Å². The number of thiocarbonyl (C=S) groups is 1. The summed E-state index contributed by atoms with van der Waals surface area (Å²) in [7, 11) is 0. The van der Waals surface area contributed by atoms with Crippen molar-refractivity contribution in [2.45, 2.75) is 13.3 Å². The van der Waals surface area contributed by atoms with Crippen LogP contribution in [0.1, 0.15) is 22.8 Å². The largest absolute Gasteiger partial charge is 0.368 e. The Morgan fingerprint density at radius 1 is 1.00 bits per heavy atom. The van der Waals surface area contributed by atoms with E-state index in [0.717, 1.165) is 55.5 Å². The first-order chi connectivity index (χ1) is 12.6. The number of anilines is 1. The monoisotopic (exact) mass is 367 g/mol. The summed E-state index contributed by atoms with van der Waals surface area (Å²) in [5, 5.41) is 4.22. The molecule has 0 unspecified atom stereocenters. The predicted molar refractivity (Wildman–Crippen MR) is 111 cm³/mol. The number of nitrogens with one attached hydrogen (secondary N) is 1. The quantitative estimate of drug-likeness (QED) is 0.649. The third-order valence-electron chi connectivity index (χ3n) is 4.74. The summed E-state index contributed by atoms with van der Waals surface area (Å²) in [4.78, 5) is 16.0. The maximum Gasteiger partial charge on any atom is 0.169 e. The molecule has 0 spiro atoms. The summed E-state index contributed by atoms with van der Waals surface area (Å²) in [5.74, 6) is 0.105. The van der Waals surface area contributed by atoms with Crippen LogP contribution < -0.4 is 10.2 Å². The molecule has 4 nitrogen and oxygen atoms in total. The normalized spacial score (nSPS) is 14.2. The molecule has 1 aliphatic rings. The van der Waals surface area contributed by atoms with E-state index >= 15 is 0 Å². The van der Waals surface area contributed by atoms with Gasteiger partial charge in [-0.1, -0.05) is 30.3 Å². The summed E-state index contributed by atoms with van der Waals surface area (Å²) in [6.45, 7) is 6.13. The van der Waals surface area contributed by atoms with Gasteiger partial charge in [-0.15, -0.1) is 0 Å². The molecular formula is C21H25N3OS. The first kappa shape index (κ1) is 18.4. The number of nitrogens with zero attached hydrogens (tertiary/aromatic N) is 2. The van der Waals surface area contributed by atoms with Crippen LogP contribution in [0.3, 0.4) is 0 Å². The van der Waals surface area contributed by atoms with Gasteiger partial charge in [0.15, 0.2) is 10.9 Å². The van der Waals surface area contributed by atoms with Crippen LogP contribution in [0.4, 0.5) is 5.69 Å². The Balaban J connectivity index is 1.44. The second-order valence-corrected chi connectivity index (χ2v) is 6.93. The van der Waals surface area contributed by atoms with E-state index in [1.807, 2.05) is 30.3 Å². The SMILES string of the molecule is CC(=O)c1ccc(N2CCN(C(=S)NCCc3ccccc3)CC2)cc1. The smallest absolute Gasteiger partial charge is 0.169 e. The minimum absolute atomic E-state index is 0.105. The number of rotatable bonds is 5. The van der Waals surface area contributed by atoms with E-state index in [9.17, 15) is 4.79 Å². The van der Waals surface area contributed by atoms with E-state index in [1.165, 1.54) is 5.56 Å². The van der Waals surface area contributed by atoms with Gasteiger partial charge in [-0.05, 0) is 55.4 Å². The highest BCUT2D eigenvalue weighted by molar-refractivity contribution is 7.80. The number of ketones is 1. The Morgan fingerprint density at radius 3 is 2.27 bits per heavy atom. The van der Waals surface area contributed by atoms with Crippen LogP contribution >= 0.6 is 12.2 Å². The minimum Gasteiger partial charge on any atom is -0.368 e. The highest BCUT2D eigenvalue weighted by Crippen LogP contribution is 2.17. The Hall–Kier alpha value is -2.40.